The molecule has 120 valence electrons. The number of nitro groups is 1. The topological polar surface area (TPSA) is 75.5 Å². The molecule has 2 rings (SSSR count). The third kappa shape index (κ3) is 3.88. The van der Waals surface area contributed by atoms with E-state index in [0.717, 1.165) is 25.8 Å². The fourth-order valence-electron chi connectivity index (χ4n) is 2.72. The van der Waals surface area contributed by atoms with Gasteiger partial charge in [-0.2, -0.15) is 0 Å². The van der Waals surface area contributed by atoms with E-state index in [1.807, 2.05) is 0 Å². The van der Waals surface area contributed by atoms with E-state index in [9.17, 15) is 14.9 Å². The maximum absolute atomic E-state index is 12.2. The maximum Gasteiger partial charge on any atom is 0.300 e. The molecule has 1 aromatic rings. The highest BCUT2D eigenvalue weighted by Gasteiger charge is 2.25. The summed E-state index contributed by atoms with van der Waals surface area (Å²) in [5.74, 6) is -0.531. The fourth-order valence-corrected chi connectivity index (χ4v) is 3.28. The Morgan fingerprint density at radius 2 is 2.23 bits per heavy atom. The molecule has 1 saturated heterocycles. The van der Waals surface area contributed by atoms with Gasteiger partial charge in [-0.1, -0.05) is 23.2 Å². The monoisotopic (exact) mass is 345 g/mol. The number of benzene rings is 1. The minimum absolute atomic E-state index is 0.109. The SMILES string of the molecule is CN1CCCC1CCNC(=O)c1cc(Cl)cc(Cl)c1[N+](=O)[O-]. The molecule has 1 heterocycles. The molecule has 1 amide bonds. The molecule has 6 nitrogen and oxygen atoms in total. The molecule has 1 aliphatic heterocycles. The van der Waals surface area contributed by atoms with E-state index in [0.29, 0.717) is 12.6 Å². The molecule has 1 unspecified atom stereocenters. The zero-order valence-corrected chi connectivity index (χ0v) is 13.7. The second-order valence-corrected chi connectivity index (χ2v) is 6.21. The van der Waals surface area contributed by atoms with Crippen molar-refractivity contribution in [1.82, 2.24) is 10.2 Å². The Hall–Kier alpha value is -1.37. The van der Waals surface area contributed by atoms with Crippen molar-refractivity contribution in [2.24, 2.45) is 0 Å². The molecule has 1 N–H and O–H groups in total. The highest BCUT2D eigenvalue weighted by Crippen LogP contribution is 2.32. The van der Waals surface area contributed by atoms with Crippen LogP contribution < -0.4 is 5.32 Å². The molecule has 0 aliphatic carbocycles. The summed E-state index contributed by atoms with van der Waals surface area (Å²) in [6.07, 6.45) is 3.07. The molecule has 0 aromatic heterocycles. The lowest BCUT2D eigenvalue weighted by Gasteiger charge is -2.19. The van der Waals surface area contributed by atoms with Gasteiger partial charge in [-0.25, -0.2) is 0 Å². The number of halogens is 2. The summed E-state index contributed by atoms with van der Waals surface area (Å²) in [5, 5.41) is 13.8. The van der Waals surface area contributed by atoms with Gasteiger partial charge in [0, 0.05) is 17.6 Å². The van der Waals surface area contributed by atoms with Crippen LogP contribution in [0.3, 0.4) is 0 Å². The molecular formula is C14H17Cl2N3O3. The van der Waals surface area contributed by atoms with Crippen LogP contribution in [0.15, 0.2) is 12.1 Å². The zero-order valence-electron chi connectivity index (χ0n) is 12.1. The Morgan fingerprint density at radius 1 is 1.50 bits per heavy atom. The third-order valence-corrected chi connectivity index (χ3v) is 4.40. The predicted octanol–water partition coefficient (Wildman–Crippen LogP) is 3.12. The first-order chi connectivity index (χ1) is 10.4. The molecule has 0 bridgehead atoms. The van der Waals surface area contributed by atoms with Gasteiger partial charge in [-0.3, -0.25) is 14.9 Å². The summed E-state index contributed by atoms with van der Waals surface area (Å²) in [7, 11) is 2.06. The van der Waals surface area contributed by atoms with Crippen molar-refractivity contribution >= 4 is 34.8 Å². The van der Waals surface area contributed by atoms with E-state index < -0.39 is 16.5 Å². The Morgan fingerprint density at radius 3 is 2.82 bits per heavy atom. The van der Waals surface area contributed by atoms with E-state index in [4.69, 9.17) is 23.2 Å². The number of carbonyl (C=O) groups is 1. The van der Waals surface area contributed by atoms with Crippen LogP contribution in [0.4, 0.5) is 5.69 Å². The molecule has 22 heavy (non-hydrogen) atoms. The van der Waals surface area contributed by atoms with E-state index in [1.54, 1.807) is 0 Å². The Bertz CT molecular complexity index is 595. The van der Waals surface area contributed by atoms with Gasteiger partial charge in [-0.15, -0.1) is 0 Å². The molecule has 0 radical (unpaired) electrons. The standard InChI is InChI=1S/C14H17Cl2N3O3/c1-18-6-2-3-10(18)4-5-17-14(20)11-7-9(15)8-12(16)13(11)19(21)22/h7-8,10H,2-6H2,1H3,(H,17,20). The minimum Gasteiger partial charge on any atom is -0.352 e. The average molecular weight is 346 g/mol. The van der Waals surface area contributed by atoms with Crippen molar-refractivity contribution in [1.29, 1.82) is 0 Å². The van der Waals surface area contributed by atoms with E-state index >= 15 is 0 Å². The molecule has 0 spiro atoms. The van der Waals surface area contributed by atoms with Gasteiger partial charge in [-0.05, 0) is 45.0 Å². The summed E-state index contributed by atoms with van der Waals surface area (Å²) < 4.78 is 0. The minimum atomic E-state index is -0.668. The van der Waals surface area contributed by atoms with Crippen molar-refractivity contribution in [3.8, 4) is 0 Å². The number of likely N-dealkylation sites (tertiary alicyclic amines) is 1. The number of hydrogen-bond acceptors (Lipinski definition) is 4. The first-order valence-electron chi connectivity index (χ1n) is 7.02. The fraction of sp³-hybridized carbons (Fsp3) is 0.500. The van der Waals surface area contributed by atoms with Gasteiger partial charge in [0.1, 0.15) is 10.6 Å². The third-order valence-electron chi connectivity index (χ3n) is 3.89. The molecule has 0 saturated carbocycles. The molecule has 1 fully saturated rings. The summed E-state index contributed by atoms with van der Waals surface area (Å²) >= 11 is 11.7. The number of rotatable bonds is 5. The largest absolute Gasteiger partial charge is 0.352 e. The number of nitro benzene ring substituents is 1. The Labute approximate surface area is 138 Å². The maximum atomic E-state index is 12.2. The summed E-state index contributed by atoms with van der Waals surface area (Å²) in [4.78, 5) is 24.8. The molecule has 1 atom stereocenters. The summed E-state index contributed by atoms with van der Waals surface area (Å²) in [6.45, 7) is 1.52. The molecular weight excluding hydrogens is 329 g/mol. The van der Waals surface area contributed by atoms with Crippen LogP contribution in [0.2, 0.25) is 10.0 Å². The first-order valence-corrected chi connectivity index (χ1v) is 7.77. The zero-order chi connectivity index (χ0) is 16.3. The second-order valence-electron chi connectivity index (χ2n) is 5.36. The highest BCUT2D eigenvalue weighted by molar-refractivity contribution is 6.37. The van der Waals surface area contributed by atoms with Gasteiger partial charge in [0.25, 0.3) is 5.91 Å². The second kappa shape index (κ2) is 7.26. The van der Waals surface area contributed by atoms with Gasteiger partial charge >= 0.3 is 5.69 Å². The molecule has 1 aliphatic rings. The average Bonchev–Trinajstić information content (AvgIpc) is 2.82. The van der Waals surface area contributed by atoms with Crippen molar-refractivity contribution in [2.75, 3.05) is 20.1 Å². The van der Waals surface area contributed by atoms with E-state index in [-0.39, 0.29) is 15.6 Å². The first kappa shape index (κ1) is 17.0. The number of hydrogen-bond donors (Lipinski definition) is 1. The van der Waals surface area contributed by atoms with Gasteiger partial charge < -0.3 is 10.2 Å². The van der Waals surface area contributed by atoms with Crippen molar-refractivity contribution in [3.05, 3.63) is 37.9 Å². The van der Waals surface area contributed by atoms with Crippen LogP contribution in [0.5, 0.6) is 0 Å². The van der Waals surface area contributed by atoms with Crippen molar-refractivity contribution in [3.63, 3.8) is 0 Å². The highest BCUT2D eigenvalue weighted by atomic mass is 35.5. The quantitative estimate of drug-likeness (QED) is 0.657. The van der Waals surface area contributed by atoms with E-state index in [1.165, 1.54) is 12.1 Å². The number of amides is 1. The number of nitrogens with zero attached hydrogens (tertiary/aromatic N) is 2. The van der Waals surface area contributed by atoms with Gasteiger partial charge in [0.2, 0.25) is 0 Å². The Kier molecular flexibility index (Phi) is 5.61. The van der Waals surface area contributed by atoms with Crippen LogP contribution >= 0.6 is 23.2 Å². The van der Waals surface area contributed by atoms with Crippen LogP contribution in [-0.2, 0) is 0 Å². The van der Waals surface area contributed by atoms with Crippen LogP contribution in [0.1, 0.15) is 29.6 Å². The van der Waals surface area contributed by atoms with Crippen molar-refractivity contribution < 1.29 is 9.72 Å². The van der Waals surface area contributed by atoms with Gasteiger partial charge in [0.05, 0.1) is 4.92 Å². The Balaban J connectivity index is 2.04. The normalized spacial score (nSPS) is 18.4. The number of carbonyl (C=O) groups excluding carboxylic acids is 1. The molecule has 1 aromatic carbocycles. The lowest BCUT2D eigenvalue weighted by molar-refractivity contribution is -0.385. The van der Waals surface area contributed by atoms with Gasteiger partial charge in [0.15, 0.2) is 0 Å². The van der Waals surface area contributed by atoms with Crippen LogP contribution in [-0.4, -0.2) is 41.9 Å². The molecule has 8 heteroatoms. The lowest BCUT2D eigenvalue weighted by Crippen LogP contribution is -2.32. The van der Waals surface area contributed by atoms with Crippen molar-refractivity contribution in [2.45, 2.75) is 25.3 Å². The lowest BCUT2D eigenvalue weighted by atomic mass is 10.1. The number of nitrogens with one attached hydrogen (secondary N) is 1. The predicted molar refractivity (Wildman–Crippen MR) is 85.7 cm³/mol. The smallest absolute Gasteiger partial charge is 0.300 e. The van der Waals surface area contributed by atoms with Crippen LogP contribution in [0, 0.1) is 10.1 Å². The van der Waals surface area contributed by atoms with Crippen LogP contribution in [0.25, 0.3) is 0 Å². The van der Waals surface area contributed by atoms with E-state index in [2.05, 4.69) is 17.3 Å². The summed E-state index contributed by atoms with van der Waals surface area (Å²) in [5.41, 5.74) is -0.524. The summed E-state index contributed by atoms with van der Waals surface area (Å²) in [6, 6.07) is 2.96.